The Morgan fingerprint density at radius 3 is 2.15 bits per heavy atom. The fourth-order valence-electron chi connectivity index (χ4n) is 12.9. The summed E-state index contributed by atoms with van der Waals surface area (Å²) in [5.74, 6) is 4.17. The molecule has 5 fully saturated rings. The molecule has 0 bridgehead atoms. The van der Waals surface area contributed by atoms with Gasteiger partial charge in [0.2, 0.25) is 0 Å². The number of carboxylic acid groups (broad SMARTS) is 1. The van der Waals surface area contributed by atoms with Crippen LogP contribution in [0.25, 0.3) is 0 Å². The summed E-state index contributed by atoms with van der Waals surface area (Å²) in [6, 6.07) is 7.84. The fraction of sp³-hybridized carbons (Fsp3) is 0.806. The van der Waals surface area contributed by atoms with Crippen LogP contribution in [0.3, 0.4) is 0 Å². The largest absolute Gasteiger partial charge is 0.478 e. The third kappa shape index (κ3) is 3.66. The molecule has 10 atom stereocenters. The van der Waals surface area contributed by atoms with Crippen LogP contribution >= 0.6 is 0 Å². The summed E-state index contributed by atoms with van der Waals surface area (Å²) in [6.45, 7) is 18.1. The van der Waals surface area contributed by atoms with E-state index in [1.54, 1.807) is 0 Å². The third-order valence-electron chi connectivity index (χ3n) is 15.0. The van der Waals surface area contributed by atoms with Gasteiger partial charge in [0.05, 0.1) is 5.56 Å². The first-order valence-corrected chi connectivity index (χ1v) is 16.3. The molecule has 5 saturated carbocycles. The smallest absolute Gasteiger partial charge is 0.335 e. The molecule has 10 unspecified atom stereocenters. The maximum Gasteiger partial charge on any atom is 0.335 e. The zero-order chi connectivity index (χ0) is 28.2. The van der Waals surface area contributed by atoms with Gasteiger partial charge in [-0.05, 0) is 145 Å². The molecule has 0 spiro atoms. The van der Waals surface area contributed by atoms with Gasteiger partial charge in [0.25, 0.3) is 0 Å². The van der Waals surface area contributed by atoms with Crippen molar-refractivity contribution in [2.75, 3.05) is 0 Å². The first-order chi connectivity index (χ1) is 18.2. The van der Waals surface area contributed by atoms with Gasteiger partial charge in [-0.25, -0.2) is 4.79 Å². The van der Waals surface area contributed by atoms with Crippen LogP contribution in [0.15, 0.2) is 24.3 Å². The topological polar surface area (TPSA) is 63.3 Å². The lowest BCUT2D eigenvalue weighted by Crippen LogP contribution is -2.68. The van der Waals surface area contributed by atoms with Crippen molar-refractivity contribution in [1.82, 2.24) is 0 Å². The van der Waals surface area contributed by atoms with Crippen LogP contribution in [0.1, 0.15) is 135 Å². The molecule has 6 rings (SSSR count). The van der Waals surface area contributed by atoms with Gasteiger partial charge in [-0.2, -0.15) is 0 Å². The van der Waals surface area contributed by atoms with E-state index in [1.807, 2.05) is 12.1 Å². The Morgan fingerprint density at radius 2 is 1.51 bits per heavy atom. The molecule has 0 aromatic heterocycles. The monoisotopic (exact) mass is 533 g/mol. The second-order valence-electron chi connectivity index (χ2n) is 16.7. The van der Waals surface area contributed by atoms with Gasteiger partial charge in [0.1, 0.15) is 0 Å². The standard InChI is InChI=1S/C36H55NO2/c1-22(2)25-14-19-36(37)21-20-34(6)27(30(25)36)12-13-29-33(5)17-15-26(23-8-10-24(11-9-23)31(38)39)32(3,4)28(33)16-18-35(29,34)7/h8-11,22,25-30H,12-21,37H2,1-7H3,(H,38,39). The third-order valence-corrected chi connectivity index (χ3v) is 15.0. The van der Waals surface area contributed by atoms with Crippen molar-refractivity contribution in [1.29, 1.82) is 0 Å². The maximum absolute atomic E-state index is 11.5. The lowest BCUT2D eigenvalue weighted by molar-refractivity contribution is -0.233. The molecule has 5 aliphatic carbocycles. The second-order valence-corrected chi connectivity index (χ2v) is 16.7. The molecule has 0 radical (unpaired) electrons. The Balaban J connectivity index is 1.32. The summed E-state index contributed by atoms with van der Waals surface area (Å²) >= 11 is 0. The van der Waals surface area contributed by atoms with Crippen LogP contribution in [0.4, 0.5) is 0 Å². The second kappa shape index (κ2) is 8.83. The predicted molar refractivity (Wildman–Crippen MR) is 160 cm³/mol. The molecule has 3 heteroatoms. The molecular weight excluding hydrogens is 478 g/mol. The van der Waals surface area contributed by atoms with Gasteiger partial charge in [-0.1, -0.05) is 60.6 Å². The Kier molecular flexibility index (Phi) is 6.29. The molecule has 216 valence electrons. The number of aromatic carboxylic acids is 1. The number of hydrogen-bond donors (Lipinski definition) is 2. The van der Waals surface area contributed by atoms with E-state index in [0.717, 1.165) is 23.7 Å². The molecular formula is C36H55NO2. The number of fused-ring (bicyclic) bond motifs is 7. The van der Waals surface area contributed by atoms with E-state index in [4.69, 9.17) is 5.73 Å². The van der Waals surface area contributed by atoms with Crippen molar-refractivity contribution >= 4 is 5.97 Å². The molecule has 3 nitrogen and oxygen atoms in total. The van der Waals surface area contributed by atoms with Crippen molar-refractivity contribution in [3.63, 3.8) is 0 Å². The molecule has 3 N–H and O–H groups in total. The van der Waals surface area contributed by atoms with Crippen molar-refractivity contribution in [3.8, 4) is 0 Å². The predicted octanol–water partition coefficient (Wildman–Crippen LogP) is 8.92. The van der Waals surface area contributed by atoms with Crippen LogP contribution in [0, 0.1) is 57.2 Å². The van der Waals surface area contributed by atoms with E-state index in [2.05, 4.69) is 60.6 Å². The minimum Gasteiger partial charge on any atom is -0.478 e. The Labute approximate surface area is 238 Å². The first kappa shape index (κ1) is 27.8. The fourth-order valence-corrected chi connectivity index (χ4v) is 12.9. The molecule has 0 amide bonds. The highest BCUT2D eigenvalue weighted by Gasteiger charge is 2.70. The molecule has 0 aliphatic heterocycles. The molecule has 0 saturated heterocycles. The zero-order valence-corrected chi connectivity index (χ0v) is 25.9. The van der Waals surface area contributed by atoms with Crippen LogP contribution in [0.5, 0.6) is 0 Å². The normalized spacial score (nSPS) is 48.5. The summed E-state index contributed by atoms with van der Waals surface area (Å²) in [4.78, 5) is 11.5. The van der Waals surface area contributed by atoms with Gasteiger partial charge in [-0.3, -0.25) is 0 Å². The Hall–Kier alpha value is -1.35. The average Bonchev–Trinajstić information content (AvgIpc) is 3.22. The van der Waals surface area contributed by atoms with E-state index in [0.29, 0.717) is 39.6 Å². The van der Waals surface area contributed by atoms with Crippen LogP contribution < -0.4 is 5.73 Å². The van der Waals surface area contributed by atoms with Gasteiger partial charge in [0, 0.05) is 5.54 Å². The number of rotatable bonds is 3. The molecule has 1 aromatic carbocycles. The minimum absolute atomic E-state index is 0.0830. The van der Waals surface area contributed by atoms with Crippen molar-refractivity contribution < 1.29 is 9.90 Å². The number of carboxylic acids is 1. The van der Waals surface area contributed by atoms with Gasteiger partial charge in [-0.15, -0.1) is 0 Å². The summed E-state index contributed by atoms with van der Waals surface area (Å²) in [5, 5.41) is 9.41. The van der Waals surface area contributed by atoms with Crippen molar-refractivity contribution in [2.24, 2.45) is 62.9 Å². The van der Waals surface area contributed by atoms with Gasteiger partial charge >= 0.3 is 5.97 Å². The van der Waals surface area contributed by atoms with Crippen LogP contribution in [0.2, 0.25) is 0 Å². The van der Waals surface area contributed by atoms with Gasteiger partial charge in [0.15, 0.2) is 0 Å². The number of carbonyl (C=O) groups is 1. The quantitative estimate of drug-likeness (QED) is 0.408. The van der Waals surface area contributed by atoms with Crippen LogP contribution in [-0.4, -0.2) is 16.6 Å². The van der Waals surface area contributed by atoms with E-state index in [9.17, 15) is 9.90 Å². The summed E-state index contributed by atoms with van der Waals surface area (Å²) in [7, 11) is 0. The van der Waals surface area contributed by atoms with Crippen molar-refractivity contribution in [3.05, 3.63) is 35.4 Å². The molecule has 1 aromatic rings. The lowest BCUT2D eigenvalue weighted by Gasteiger charge is -2.73. The average molecular weight is 534 g/mol. The number of benzene rings is 1. The summed E-state index contributed by atoms with van der Waals surface area (Å²) < 4.78 is 0. The Bertz CT molecular complexity index is 1120. The zero-order valence-electron chi connectivity index (χ0n) is 25.9. The Morgan fingerprint density at radius 1 is 0.821 bits per heavy atom. The van der Waals surface area contributed by atoms with E-state index in [1.165, 1.54) is 69.8 Å². The van der Waals surface area contributed by atoms with E-state index in [-0.39, 0.29) is 11.0 Å². The van der Waals surface area contributed by atoms with E-state index >= 15 is 0 Å². The first-order valence-electron chi connectivity index (χ1n) is 16.3. The minimum atomic E-state index is -0.834. The summed E-state index contributed by atoms with van der Waals surface area (Å²) in [6.07, 6.45) is 13.1. The summed E-state index contributed by atoms with van der Waals surface area (Å²) in [5.41, 5.74) is 10.5. The van der Waals surface area contributed by atoms with Crippen molar-refractivity contribution in [2.45, 2.75) is 124 Å². The number of nitrogens with two attached hydrogens (primary N) is 1. The molecule has 39 heavy (non-hydrogen) atoms. The highest BCUT2D eigenvalue weighted by Crippen LogP contribution is 2.77. The lowest BCUT2D eigenvalue weighted by atomic mass is 9.32. The highest BCUT2D eigenvalue weighted by atomic mass is 16.4. The van der Waals surface area contributed by atoms with Gasteiger partial charge < -0.3 is 10.8 Å². The number of hydrogen-bond acceptors (Lipinski definition) is 2. The maximum atomic E-state index is 11.5. The molecule has 5 aliphatic rings. The van der Waals surface area contributed by atoms with E-state index < -0.39 is 5.97 Å². The highest BCUT2D eigenvalue weighted by molar-refractivity contribution is 5.87. The van der Waals surface area contributed by atoms with Crippen LogP contribution in [-0.2, 0) is 0 Å². The molecule has 0 heterocycles. The SMILES string of the molecule is CC(C)C1CCC2(N)CCC3(C)C(CCC4C5(C)CCC(c6ccc(C(=O)O)cc6)C(C)(C)C5CCC43C)C12.